The van der Waals surface area contributed by atoms with Gasteiger partial charge in [0.15, 0.2) is 0 Å². The van der Waals surface area contributed by atoms with Crippen LogP contribution in [0.2, 0.25) is 20.1 Å². The molecule has 0 nitrogen and oxygen atoms in total. The first-order valence-electron chi connectivity index (χ1n) is 43.7. The monoisotopic (exact) mass is 1770 g/mol. The average molecular weight is 1770 g/mol. The summed E-state index contributed by atoms with van der Waals surface area (Å²) in [5.41, 5.74) is 21.5. The third-order valence-electron chi connectivity index (χ3n) is 19.9. The summed E-state index contributed by atoms with van der Waals surface area (Å²) in [7, 11) is 0. The van der Waals surface area contributed by atoms with Crippen molar-refractivity contribution in [1.29, 1.82) is 0 Å². The minimum absolute atomic E-state index is 0. The highest BCUT2D eigenvalue weighted by Crippen LogP contribution is 2.29. The molecule has 0 radical (unpaired) electrons. The van der Waals surface area contributed by atoms with Crippen LogP contribution in [-0.2, 0) is 0 Å². The molecule has 674 valence electrons. The van der Waals surface area contributed by atoms with Gasteiger partial charge in [0.05, 0.1) is 10.0 Å². The third-order valence-corrected chi connectivity index (χ3v) is 21.2. The fourth-order valence-corrected chi connectivity index (χ4v) is 13.0. The van der Waals surface area contributed by atoms with E-state index in [9.17, 15) is 22.0 Å². The molecule has 0 fully saturated rings. The lowest BCUT2D eigenvalue weighted by molar-refractivity contribution is 0.589. The zero-order valence-corrected chi connectivity index (χ0v) is 82.8. The largest absolute Gasteiger partial charge is 0.207 e. The highest BCUT2D eigenvalue weighted by Gasteiger charge is 2.11. The van der Waals surface area contributed by atoms with Gasteiger partial charge in [-0.25, -0.2) is 22.0 Å². The molecule has 124 heavy (non-hydrogen) atoms. The first-order valence-corrected chi connectivity index (χ1v) is 45.2. The first kappa shape index (κ1) is 115. The van der Waals surface area contributed by atoms with Crippen LogP contribution in [0.25, 0.3) is 0 Å². The summed E-state index contributed by atoms with van der Waals surface area (Å²) >= 11 is 23.3. The van der Waals surface area contributed by atoms with E-state index in [0.717, 1.165) is 43.4 Å². The highest BCUT2D eigenvalue weighted by molar-refractivity contribution is 6.42. The molecule has 0 aliphatic rings. The number of hydrogen-bond acceptors (Lipinski definition) is 0. The fourth-order valence-electron chi connectivity index (χ4n) is 12.1. The number of aryl methyl sites for hydroxylation is 6. The van der Waals surface area contributed by atoms with Crippen LogP contribution in [0.15, 0.2) is 273 Å². The second-order valence-corrected chi connectivity index (χ2v) is 36.4. The fraction of sp³-hybridized carbons (Fsp3) is 0.374. The molecule has 9 heteroatoms. The maximum Gasteiger partial charge on any atom is 0.129 e. The molecule has 12 rings (SSSR count). The molecule has 0 spiro atoms. The molecule has 12 aromatic carbocycles. The lowest BCUT2D eigenvalue weighted by Gasteiger charge is -2.09. The van der Waals surface area contributed by atoms with Crippen molar-refractivity contribution in [3.8, 4) is 0 Å². The normalized spacial score (nSPS) is 10.4. The van der Waals surface area contributed by atoms with Crippen molar-refractivity contribution in [2.45, 2.75) is 286 Å². The molecule has 0 saturated heterocycles. The van der Waals surface area contributed by atoms with E-state index in [1.807, 2.05) is 158 Å². The van der Waals surface area contributed by atoms with Gasteiger partial charge in [0.2, 0.25) is 0 Å². The van der Waals surface area contributed by atoms with E-state index in [1.54, 1.807) is 37.3 Å². The SMILES string of the molecule is C.CC(C)c1ccc(Cl)c(Cl)c1.CC(C)c1ccc(F)cc1.CC(C)c1cccc(Cl)c1.CC(C)c1cccc(F)c1.CC(C)c1ccccc1.CC(C)c1ccccc1Cl.CC(C)c1ccccc1F.Cc1ccc(C(C)C)c(C)c1.Cc1ccc(F)c(C(C)C)c1.Cc1cccc(C(C)C)c1.Cc1cccc(C(C)C)c1F.Cc1ccccc1C(C)C. The van der Waals surface area contributed by atoms with E-state index >= 15 is 0 Å². The van der Waals surface area contributed by atoms with E-state index in [2.05, 4.69) is 255 Å². The first-order chi connectivity index (χ1) is 57.7. The molecule has 0 aliphatic heterocycles. The maximum absolute atomic E-state index is 13.3. The second kappa shape index (κ2) is 62.6. The topological polar surface area (TPSA) is 0 Å². The van der Waals surface area contributed by atoms with Crippen molar-refractivity contribution in [3.63, 3.8) is 0 Å². The Bertz CT molecular complexity index is 4610. The molecule has 0 aromatic heterocycles. The van der Waals surface area contributed by atoms with Crippen LogP contribution in [0, 0.1) is 70.6 Å². The van der Waals surface area contributed by atoms with Gasteiger partial charge < -0.3 is 0 Å². The summed E-state index contributed by atoms with van der Waals surface area (Å²) in [6, 6.07) is 87.1. The minimum atomic E-state index is -0.163. The van der Waals surface area contributed by atoms with Gasteiger partial charge >= 0.3 is 0 Å². The summed E-state index contributed by atoms with van der Waals surface area (Å²) in [6.07, 6.45) is 0. The van der Waals surface area contributed by atoms with Crippen LogP contribution in [0.1, 0.15) is 345 Å². The van der Waals surface area contributed by atoms with Crippen molar-refractivity contribution in [2.24, 2.45) is 0 Å². The van der Waals surface area contributed by atoms with Crippen LogP contribution in [0.5, 0.6) is 0 Å². The zero-order chi connectivity index (χ0) is 93.3. The quantitative estimate of drug-likeness (QED) is 0.107. The molecule has 0 N–H and O–H groups in total. The summed E-state index contributed by atoms with van der Waals surface area (Å²) in [5, 5.41) is 2.96. The van der Waals surface area contributed by atoms with E-state index in [4.69, 9.17) is 46.4 Å². The predicted octanol–water partition coefficient (Wildman–Crippen LogP) is 39.5. The minimum Gasteiger partial charge on any atom is -0.207 e. The van der Waals surface area contributed by atoms with Gasteiger partial charge in [0.25, 0.3) is 0 Å². The van der Waals surface area contributed by atoms with Gasteiger partial charge in [0.1, 0.15) is 29.1 Å². The molecule has 0 saturated carbocycles. The number of halogens is 9. The van der Waals surface area contributed by atoms with E-state index in [-0.39, 0.29) is 54.3 Å². The van der Waals surface area contributed by atoms with Crippen molar-refractivity contribution < 1.29 is 22.0 Å². The maximum atomic E-state index is 13.3. The molecular formula is C115H151Cl4F5. The third kappa shape index (κ3) is 47.7. The standard InChI is InChI=1S/C11H16.2C10H13F.2C10H14.C9H10Cl2.2C9H11Cl.3C9H11F.C9H12.CH4/c1-8(2)11-6-5-9(3)7-10(11)4;1-7(2)9-6-8(3)4-5-10(9)11;1-7(2)9-6-4-5-8(3)10(9)11;1-8(2)10-6-4-5-9(3)7-10;1-8(2)10-7-5-4-6-9(10)3;1-6(2)7-3-4-8(10)9(11)5-7;1-7(2)8-4-3-5-9(10)6-8;1-7(2)8-5-3-4-6-9(8)10;1-7(2)8-3-5-9(10)6-4-8;1-7(2)8-4-3-5-9(10)6-8;1-7(2)8-5-3-4-6-9(8)10;1-8(2)9-6-4-3-5-7-9;/h5-8H,1-4H3;2*4-7H,1-3H3;2*4-8H,1-3H3;3-6H,1-2H3;5*3-7H,1-2H3;3-8H,1-2H3;1H4. The Hall–Kier alpha value is -8.55. The Kier molecular flexibility index (Phi) is 58.2. The van der Waals surface area contributed by atoms with Crippen LogP contribution in [0.4, 0.5) is 22.0 Å². The Morgan fingerprint density at radius 1 is 0.194 bits per heavy atom. The van der Waals surface area contributed by atoms with Crippen LogP contribution < -0.4 is 0 Å². The van der Waals surface area contributed by atoms with Crippen molar-refractivity contribution in [2.75, 3.05) is 0 Å². The van der Waals surface area contributed by atoms with E-state index < -0.39 is 0 Å². The molecule has 12 aromatic rings. The molecule has 0 atom stereocenters. The Morgan fingerprint density at radius 3 is 0.927 bits per heavy atom. The lowest BCUT2D eigenvalue weighted by atomic mass is 9.97. The average Bonchev–Trinajstić information content (AvgIpc) is 0.866. The van der Waals surface area contributed by atoms with Gasteiger partial charge in [-0.1, -0.05) is 443 Å². The Labute approximate surface area is 771 Å². The molecule has 0 aliphatic carbocycles. The summed E-state index contributed by atoms with van der Waals surface area (Å²) in [5.74, 6) is 5.38. The number of hydrogen-bond donors (Lipinski definition) is 0. The van der Waals surface area contributed by atoms with Crippen LogP contribution in [-0.4, -0.2) is 0 Å². The van der Waals surface area contributed by atoms with Gasteiger partial charge in [0, 0.05) is 10.0 Å². The summed E-state index contributed by atoms with van der Waals surface area (Å²) in [4.78, 5) is 0. The van der Waals surface area contributed by atoms with Crippen molar-refractivity contribution in [1.82, 2.24) is 0 Å². The molecule has 0 amide bonds. The predicted molar refractivity (Wildman–Crippen MR) is 541 cm³/mol. The Morgan fingerprint density at radius 2 is 0.548 bits per heavy atom. The van der Waals surface area contributed by atoms with Crippen molar-refractivity contribution in [3.05, 3.63) is 422 Å². The van der Waals surface area contributed by atoms with Gasteiger partial charge in [-0.15, -0.1) is 0 Å². The molecule has 0 heterocycles. The van der Waals surface area contributed by atoms with Crippen LogP contribution in [0.3, 0.4) is 0 Å². The van der Waals surface area contributed by atoms with E-state index in [0.29, 0.717) is 63.3 Å². The summed E-state index contributed by atoms with van der Waals surface area (Å²) in [6.45, 7) is 63.2. The lowest BCUT2D eigenvalue weighted by Crippen LogP contribution is -1.94. The van der Waals surface area contributed by atoms with Gasteiger partial charge in [-0.2, -0.15) is 0 Å². The smallest absolute Gasteiger partial charge is 0.129 e. The number of benzene rings is 12. The van der Waals surface area contributed by atoms with Gasteiger partial charge in [-0.3, -0.25) is 0 Å². The molecule has 0 unspecified atom stereocenters. The number of rotatable bonds is 12. The zero-order valence-electron chi connectivity index (χ0n) is 79.8. The second-order valence-electron chi connectivity index (χ2n) is 34.8. The molecule has 0 bridgehead atoms. The highest BCUT2D eigenvalue weighted by atomic mass is 35.5. The molecular weight excluding hydrogens is 1620 g/mol. The summed E-state index contributed by atoms with van der Waals surface area (Å²) < 4.78 is 64.0. The Balaban J connectivity index is 0.00000133. The van der Waals surface area contributed by atoms with Crippen LogP contribution >= 0.6 is 46.4 Å². The van der Waals surface area contributed by atoms with Gasteiger partial charge in [-0.05, 0) is 263 Å². The van der Waals surface area contributed by atoms with E-state index in [1.165, 1.54) is 97.1 Å². The van der Waals surface area contributed by atoms with Crippen molar-refractivity contribution >= 4 is 46.4 Å².